The zero-order chi connectivity index (χ0) is 17.6. The molecule has 1 aliphatic carbocycles. The summed E-state index contributed by atoms with van der Waals surface area (Å²) >= 11 is 0. The van der Waals surface area contributed by atoms with E-state index in [0.717, 1.165) is 11.3 Å². The largest absolute Gasteiger partial charge is 0.391 e. The fourth-order valence-corrected chi connectivity index (χ4v) is 4.26. The highest BCUT2D eigenvalue weighted by Gasteiger charge is 2.41. The maximum atomic E-state index is 14.5. The van der Waals surface area contributed by atoms with Crippen molar-refractivity contribution in [3.8, 4) is 11.3 Å². The smallest absolute Gasteiger partial charge is 0.129 e. The Morgan fingerprint density at radius 3 is 2.92 bits per heavy atom. The monoisotopic (exact) mass is 344 g/mol. The summed E-state index contributed by atoms with van der Waals surface area (Å²) in [6.45, 7) is 0. The van der Waals surface area contributed by atoms with E-state index in [1.165, 1.54) is 6.07 Å². The van der Waals surface area contributed by atoms with E-state index in [1.54, 1.807) is 18.6 Å². The van der Waals surface area contributed by atoms with Gasteiger partial charge >= 0.3 is 0 Å². The van der Waals surface area contributed by atoms with Crippen molar-refractivity contribution in [3.05, 3.63) is 47.0 Å². The van der Waals surface area contributed by atoms with Crippen molar-refractivity contribution in [2.45, 2.75) is 55.8 Å². The van der Waals surface area contributed by atoms with E-state index < -0.39 is 11.6 Å². The number of benzene rings is 1. The van der Waals surface area contributed by atoms with Gasteiger partial charge in [0.2, 0.25) is 0 Å². The first kappa shape index (κ1) is 16.4. The number of nitrogens with two attached hydrogens (primary N) is 1. The van der Waals surface area contributed by atoms with E-state index in [4.69, 9.17) is 5.73 Å². The van der Waals surface area contributed by atoms with E-state index in [9.17, 15) is 14.4 Å². The predicted octanol–water partition coefficient (Wildman–Crippen LogP) is 2.75. The van der Waals surface area contributed by atoms with Crippen LogP contribution in [0.2, 0.25) is 0 Å². The van der Waals surface area contributed by atoms with Gasteiger partial charge in [0.05, 0.1) is 36.4 Å². The Kier molecular flexibility index (Phi) is 3.92. The van der Waals surface area contributed by atoms with Gasteiger partial charge in [-0.3, -0.25) is 0 Å². The van der Waals surface area contributed by atoms with E-state index in [2.05, 4.69) is 10.2 Å². The molecule has 1 fully saturated rings. The minimum atomic E-state index is -0.800. The van der Waals surface area contributed by atoms with Crippen LogP contribution < -0.4 is 5.73 Å². The summed E-state index contributed by atoms with van der Waals surface area (Å²) in [5, 5.41) is 13.9. The van der Waals surface area contributed by atoms with Crippen LogP contribution in [0.3, 0.4) is 0 Å². The summed E-state index contributed by atoms with van der Waals surface area (Å²) in [4.78, 5) is 14.9. The second-order valence-corrected chi connectivity index (χ2v) is 7.22. The second-order valence-electron chi connectivity index (χ2n) is 7.22. The van der Waals surface area contributed by atoms with Crippen LogP contribution in [0.25, 0.3) is 11.3 Å². The van der Waals surface area contributed by atoms with Crippen LogP contribution in [-0.4, -0.2) is 32.3 Å². The van der Waals surface area contributed by atoms with Crippen molar-refractivity contribution in [1.29, 1.82) is 0 Å². The molecular formula is C18H21FN4O2. The van der Waals surface area contributed by atoms with Crippen LogP contribution >= 0.6 is 0 Å². The molecule has 2 heterocycles. The highest BCUT2D eigenvalue weighted by atomic mass is 19.1. The summed E-state index contributed by atoms with van der Waals surface area (Å²) < 4.78 is 16.4. The minimum absolute atomic E-state index is 0.214. The van der Waals surface area contributed by atoms with Crippen LogP contribution in [0.4, 0.5) is 4.39 Å². The van der Waals surface area contributed by atoms with Crippen molar-refractivity contribution in [2.75, 3.05) is 0 Å². The minimum Gasteiger partial charge on any atom is -0.391 e. The molecule has 6 nitrogen and oxygen atoms in total. The van der Waals surface area contributed by atoms with Crippen LogP contribution in [0, 0.1) is 10.7 Å². The number of aliphatic hydroxyl groups excluding tert-OH is 1. The third-order valence-electron chi connectivity index (χ3n) is 5.81. The average molecular weight is 344 g/mol. The lowest BCUT2D eigenvalue weighted by atomic mass is 9.74. The number of aromatic nitrogens is 2. The molecule has 1 saturated carbocycles. The first-order valence-corrected chi connectivity index (χ1v) is 8.63. The summed E-state index contributed by atoms with van der Waals surface area (Å²) in [6.07, 6.45) is 5.15. The summed E-state index contributed by atoms with van der Waals surface area (Å²) in [5.74, 6) is -0.279. The number of hydrogen-bond acceptors (Lipinski definition) is 5. The summed E-state index contributed by atoms with van der Waals surface area (Å²) in [5.41, 5.74) is 7.93. The first-order valence-electron chi connectivity index (χ1n) is 8.63. The fraction of sp³-hybridized carbons (Fsp3) is 0.500. The molecule has 7 heteroatoms. The lowest BCUT2D eigenvalue weighted by Crippen LogP contribution is -2.54. The summed E-state index contributed by atoms with van der Waals surface area (Å²) in [7, 11) is 0. The van der Waals surface area contributed by atoms with E-state index in [-0.39, 0.29) is 17.9 Å². The number of imidazole rings is 1. The normalized spacial score (nSPS) is 29.1. The van der Waals surface area contributed by atoms with Crippen molar-refractivity contribution >= 4 is 0 Å². The van der Waals surface area contributed by atoms with Gasteiger partial charge in [0, 0.05) is 23.1 Å². The highest BCUT2D eigenvalue weighted by molar-refractivity contribution is 5.69. The van der Waals surface area contributed by atoms with Gasteiger partial charge in [0.1, 0.15) is 5.82 Å². The second kappa shape index (κ2) is 6.00. The zero-order valence-corrected chi connectivity index (χ0v) is 13.8. The maximum Gasteiger partial charge on any atom is 0.129 e. The number of halogens is 1. The van der Waals surface area contributed by atoms with Crippen molar-refractivity contribution in [1.82, 2.24) is 9.55 Å². The molecule has 0 spiro atoms. The predicted molar refractivity (Wildman–Crippen MR) is 91.4 cm³/mol. The lowest BCUT2D eigenvalue weighted by molar-refractivity contribution is 0.0420. The first-order chi connectivity index (χ1) is 12.0. The molecule has 1 aromatic heterocycles. The Morgan fingerprint density at radius 1 is 1.44 bits per heavy atom. The van der Waals surface area contributed by atoms with Crippen molar-refractivity contribution in [2.24, 2.45) is 10.9 Å². The van der Waals surface area contributed by atoms with Crippen LogP contribution in [0.15, 0.2) is 35.9 Å². The highest BCUT2D eigenvalue weighted by Crippen LogP contribution is 2.44. The fourth-order valence-electron chi connectivity index (χ4n) is 4.26. The third-order valence-corrected chi connectivity index (χ3v) is 5.81. The summed E-state index contributed by atoms with van der Waals surface area (Å²) in [6, 6.07) is 4.46. The molecule has 0 bridgehead atoms. The van der Waals surface area contributed by atoms with Gasteiger partial charge in [-0.05, 0) is 31.7 Å². The molecule has 1 aliphatic heterocycles. The molecule has 2 atom stereocenters. The molecule has 2 aromatic rings. The Morgan fingerprint density at radius 2 is 2.20 bits per heavy atom. The third kappa shape index (κ3) is 2.58. The van der Waals surface area contributed by atoms with Crippen LogP contribution in [-0.2, 0) is 0 Å². The van der Waals surface area contributed by atoms with Gasteiger partial charge in [-0.2, -0.15) is 4.91 Å². The van der Waals surface area contributed by atoms with E-state index in [1.807, 2.05) is 10.6 Å². The van der Waals surface area contributed by atoms with Crippen molar-refractivity contribution < 1.29 is 9.50 Å². The Labute approximate surface area is 144 Å². The van der Waals surface area contributed by atoms with Gasteiger partial charge in [0.15, 0.2) is 0 Å². The molecule has 1 aromatic carbocycles. The molecule has 2 aliphatic rings. The van der Waals surface area contributed by atoms with Gasteiger partial charge in [-0.25, -0.2) is 9.37 Å². The molecule has 2 unspecified atom stereocenters. The van der Waals surface area contributed by atoms with E-state index >= 15 is 0 Å². The van der Waals surface area contributed by atoms with Crippen molar-refractivity contribution in [3.63, 3.8) is 0 Å². The lowest BCUT2D eigenvalue weighted by Gasteiger charge is -2.40. The molecule has 0 amide bonds. The van der Waals surface area contributed by atoms with Crippen LogP contribution in [0.5, 0.6) is 0 Å². The SMILES string of the molecule is N[C@]1(C(O)CC2c3c(F)cccc3-c3cncn32)CC[C@H](N=O)CC1. The Bertz CT molecular complexity index is 798. The number of fused-ring (bicyclic) bond motifs is 3. The Balaban J connectivity index is 1.60. The van der Waals surface area contributed by atoms with Gasteiger partial charge in [-0.15, -0.1) is 0 Å². The standard InChI is InChI=1S/C18H21FN4O2/c19-13-3-1-2-12-15-9-21-10-23(15)14(17(12)13)8-16(24)18(20)6-4-11(22-25)5-7-18/h1-3,9-11,14,16,24H,4-8,20H2/t11-,14?,16?,18+. The number of hydrogen-bond donors (Lipinski definition) is 2. The quantitative estimate of drug-likeness (QED) is 0.834. The number of aliphatic hydroxyl groups is 1. The molecule has 0 radical (unpaired) electrons. The number of rotatable bonds is 4. The van der Waals surface area contributed by atoms with E-state index in [0.29, 0.717) is 37.7 Å². The molecule has 4 rings (SSSR count). The van der Waals surface area contributed by atoms with Crippen LogP contribution in [0.1, 0.15) is 43.7 Å². The topological polar surface area (TPSA) is 93.5 Å². The number of nitrogens with zero attached hydrogens (tertiary/aromatic N) is 3. The molecule has 132 valence electrons. The molecular weight excluding hydrogens is 323 g/mol. The van der Waals surface area contributed by atoms with Gasteiger partial charge < -0.3 is 15.4 Å². The molecule has 0 saturated heterocycles. The van der Waals surface area contributed by atoms with Gasteiger partial charge in [0.25, 0.3) is 0 Å². The molecule has 25 heavy (non-hydrogen) atoms. The molecule has 3 N–H and O–H groups in total. The van der Waals surface area contributed by atoms with Gasteiger partial charge in [-0.1, -0.05) is 17.3 Å². The number of nitroso groups, excluding NO2 is 1. The zero-order valence-electron chi connectivity index (χ0n) is 13.8. The Hall–Kier alpha value is -2.12. The maximum absolute atomic E-state index is 14.5. The average Bonchev–Trinajstić information content (AvgIpc) is 3.19.